The molecule has 2 N–H and O–H groups in total. The van der Waals surface area contributed by atoms with Crippen molar-refractivity contribution in [1.82, 2.24) is 15.2 Å². The zero-order valence-corrected chi connectivity index (χ0v) is 9.73. The lowest BCUT2D eigenvalue weighted by Gasteiger charge is -2.08. The molecule has 0 aromatic carbocycles. The normalized spacial score (nSPS) is 11.1. The van der Waals surface area contributed by atoms with Crippen LogP contribution in [0.3, 0.4) is 0 Å². The van der Waals surface area contributed by atoms with E-state index < -0.39 is 10.0 Å². The number of pyridine rings is 1. The van der Waals surface area contributed by atoms with Crippen LogP contribution in [0.1, 0.15) is 0 Å². The molecule has 0 aliphatic rings. The Morgan fingerprint density at radius 1 is 1.47 bits per heavy atom. The summed E-state index contributed by atoms with van der Waals surface area (Å²) >= 11 is 0. The summed E-state index contributed by atoms with van der Waals surface area (Å²) in [5.74, 6) is 0.208. The minimum Gasteiger partial charge on any atom is -0.480 e. The number of nitrogens with zero attached hydrogens (tertiary/aromatic N) is 2. The maximum absolute atomic E-state index is 11.9. The van der Waals surface area contributed by atoms with Crippen molar-refractivity contribution in [3.05, 3.63) is 30.7 Å². The second-order valence-corrected chi connectivity index (χ2v) is 4.78. The minimum atomic E-state index is -3.67. The van der Waals surface area contributed by atoms with Gasteiger partial charge in [0, 0.05) is 12.4 Å². The Labute approximate surface area is 97.9 Å². The first-order chi connectivity index (χ1) is 8.13. The van der Waals surface area contributed by atoms with E-state index in [4.69, 9.17) is 4.74 Å². The third-order valence-electron chi connectivity index (χ3n) is 1.99. The Morgan fingerprint density at radius 3 is 2.94 bits per heavy atom. The van der Waals surface area contributed by atoms with Gasteiger partial charge in [-0.1, -0.05) is 0 Å². The van der Waals surface area contributed by atoms with E-state index in [1.165, 1.54) is 25.7 Å². The summed E-state index contributed by atoms with van der Waals surface area (Å²) in [4.78, 5) is 3.93. The predicted molar refractivity (Wildman–Crippen MR) is 60.2 cm³/mol. The third kappa shape index (κ3) is 2.36. The van der Waals surface area contributed by atoms with Crippen LogP contribution in [0.4, 0.5) is 5.69 Å². The molecule has 2 aromatic heterocycles. The number of sulfonamides is 1. The maximum Gasteiger partial charge on any atom is 0.265 e. The molecule has 90 valence electrons. The van der Waals surface area contributed by atoms with E-state index in [0.29, 0.717) is 0 Å². The zero-order valence-electron chi connectivity index (χ0n) is 8.91. The Kier molecular flexibility index (Phi) is 2.96. The molecule has 2 heterocycles. The van der Waals surface area contributed by atoms with Crippen molar-refractivity contribution >= 4 is 15.7 Å². The van der Waals surface area contributed by atoms with E-state index in [0.717, 1.165) is 0 Å². The third-order valence-corrected chi connectivity index (χ3v) is 3.32. The summed E-state index contributed by atoms with van der Waals surface area (Å²) in [7, 11) is -2.25. The van der Waals surface area contributed by atoms with Crippen LogP contribution in [-0.4, -0.2) is 30.7 Å². The van der Waals surface area contributed by atoms with Gasteiger partial charge < -0.3 is 4.74 Å². The van der Waals surface area contributed by atoms with Gasteiger partial charge in [-0.05, 0) is 12.1 Å². The molecule has 0 amide bonds. The number of ether oxygens (including phenoxy) is 1. The molecule has 2 rings (SSSR count). The van der Waals surface area contributed by atoms with Crippen LogP contribution >= 0.6 is 0 Å². The van der Waals surface area contributed by atoms with E-state index >= 15 is 0 Å². The number of hydrogen-bond donors (Lipinski definition) is 2. The number of rotatable bonds is 4. The average molecular weight is 254 g/mol. The predicted octanol–water partition coefficient (Wildman–Crippen LogP) is 0.614. The maximum atomic E-state index is 11.9. The van der Waals surface area contributed by atoms with Crippen LogP contribution in [-0.2, 0) is 10.0 Å². The minimum absolute atomic E-state index is 0.0448. The highest BCUT2D eigenvalue weighted by Gasteiger charge is 2.17. The number of anilines is 1. The van der Waals surface area contributed by atoms with E-state index in [-0.39, 0.29) is 16.5 Å². The van der Waals surface area contributed by atoms with Gasteiger partial charge in [0.25, 0.3) is 10.0 Å². The molecule has 0 fully saturated rings. The second kappa shape index (κ2) is 4.42. The molecule has 17 heavy (non-hydrogen) atoms. The highest BCUT2D eigenvalue weighted by Crippen LogP contribution is 2.23. The Bertz CT molecular complexity index is 594. The molecule has 0 aliphatic carbocycles. The highest BCUT2D eigenvalue weighted by molar-refractivity contribution is 7.92. The van der Waals surface area contributed by atoms with Gasteiger partial charge in [-0.25, -0.2) is 13.4 Å². The summed E-state index contributed by atoms with van der Waals surface area (Å²) in [5.41, 5.74) is 0.274. The van der Waals surface area contributed by atoms with Gasteiger partial charge in [0.1, 0.15) is 10.6 Å². The van der Waals surface area contributed by atoms with Crippen LogP contribution in [0.2, 0.25) is 0 Å². The topological polar surface area (TPSA) is 97.0 Å². The molecular formula is C9H10N4O3S. The fourth-order valence-electron chi connectivity index (χ4n) is 1.22. The summed E-state index contributed by atoms with van der Waals surface area (Å²) in [5, 5.41) is 6.02. The smallest absolute Gasteiger partial charge is 0.265 e. The molecule has 0 spiro atoms. The van der Waals surface area contributed by atoms with E-state index in [9.17, 15) is 8.42 Å². The van der Waals surface area contributed by atoms with Crippen LogP contribution < -0.4 is 9.46 Å². The van der Waals surface area contributed by atoms with Crippen molar-refractivity contribution in [2.24, 2.45) is 0 Å². The number of nitrogens with one attached hydrogen (secondary N) is 2. The first-order valence-corrected chi connectivity index (χ1v) is 6.12. The van der Waals surface area contributed by atoms with Gasteiger partial charge in [-0.2, -0.15) is 5.10 Å². The molecular weight excluding hydrogens is 244 g/mol. The number of hydrogen-bond acceptors (Lipinski definition) is 5. The van der Waals surface area contributed by atoms with E-state index in [2.05, 4.69) is 19.9 Å². The summed E-state index contributed by atoms with van der Waals surface area (Å²) in [6.45, 7) is 0. The monoisotopic (exact) mass is 254 g/mol. The lowest BCUT2D eigenvalue weighted by molar-refractivity contribution is 0.400. The van der Waals surface area contributed by atoms with Gasteiger partial charge in [0.2, 0.25) is 5.88 Å². The average Bonchev–Trinajstić information content (AvgIpc) is 2.83. The van der Waals surface area contributed by atoms with Crippen molar-refractivity contribution in [3.63, 3.8) is 0 Å². The quantitative estimate of drug-likeness (QED) is 0.833. The van der Waals surface area contributed by atoms with Crippen molar-refractivity contribution in [1.29, 1.82) is 0 Å². The highest BCUT2D eigenvalue weighted by atomic mass is 32.2. The van der Waals surface area contributed by atoms with Crippen LogP contribution in [0.25, 0.3) is 0 Å². The number of aromatic amines is 1. The first-order valence-electron chi connectivity index (χ1n) is 4.64. The van der Waals surface area contributed by atoms with E-state index in [1.807, 2.05) is 0 Å². The SMILES string of the molecule is COc1ncccc1NS(=O)(=O)c1cn[nH]c1. The van der Waals surface area contributed by atoms with E-state index in [1.54, 1.807) is 12.1 Å². The van der Waals surface area contributed by atoms with Gasteiger partial charge in [0.15, 0.2) is 0 Å². The number of H-pyrrole nitrogens is 1. The van der Waals surface area contributed by atoms with Crippen LogP contribution in [0.15, 0.2) is 35.6 Å². The molecule has 0 bridgehead atoms. The molecule has 0 saturated heterocycles. The first kappa shape index (κ1) is 11.4. The van der Waals surface area contributed by atoms with Gasteiger partial charge in [0.05, 0.1) is 13.3 Å². The summed E-state index contributed by atoms with van der Waals surface area (Å²) in [6, 6.07) is 3.17. The fraction of sp³-hybridized carbons (Fsp3) is 0.111. The van der Waals surface area contributed by atoms with Crippen molar-refractivity contribution < 1.29 is 13.2 Å². The second-order valence-electron chi connectivity index (χ2n) is 3.10. The molecule has 7 nitrogen and oxygen atoms in total. The Balaban J connectivity index is 2.33. The van der Waals surface area contributed by atoms with Crippen LogP contribution in [0, 0.1) is 0 Å². The molecule has 0 saturated carbocycles. The molecule has 2 aromatic rings. The molecule has 0 atom stereocenters. The van der Waals surface area contributed by atoms with Crippen LogP contribution in [0.5, 0.6) is 5.88 Å². The number of methoxy groups -OCH3 is 1. The number of aromatic nitrogens is 3. The molecule has 0 unspecified atom stereocenters. The largest absolute Gasteiger partial charge is 0.480 e. The van der Waals surface area contributed by atoms with Crippen molar-refractivity contribution in [2.75, 3.05) is 11.8 Å². The fourth-order valence-corrected chi connectivity index (χ4v) is 2.18. The summed E-state index contributed by atoms with van der Waals surface area (Å²) in [6.07, 6.45) is 4.00. The Morgan fingerprint density at radius 2 is 2.29 bits per heavy atom. The lowest BCUT2D eigenvalue weighted by Crippen LogP contribution is -2.13. The molecule has 8 heteroatoms. The molecule has 0 aliphatic heterocycles. The van der Waals surface area contributed by atoms with Gasteiger partial charge in [-0.15, -0.1) is 0 Å². The lowest BCUT2D eigenvalue weighted by atomic mass is 10.4. The standard InChI is InChI=1S/C9H10N4O3S/c1-16-9-8(3-2-4-10-9)13-17(14,15)7-5-11-12-6-7/h2-6,13H,1H3,(H,11,12). The molecule has 0 radical (unpaired) electrons. The van der Waals surface area contributed by atoms with Gasteiger partial charge in [-0.3, -0.25) is 9.82 Å². The summed E-state index contributed by atoms with van der Waals surface area (Å²) < 4.78 is 31.1. The van der Waals surface area contributed by atoms with Crippen molar-refractivity contribution in [2.45, 2.75) is 4.90 Å². The van der Waals surface area contributed by atoms with Gasteiger partial charge >= 0.3 is 0 Å². The Hall–Kier alpha value is -2.09. The van der Waals surface area contributed by atoms with Crippen molar-refractivity contribution in [3.8, 4) is 5.88 Å². The zero-order chi connectivity index (χ0) is 12.3.